The monoisotopic (exact) mass is 583 g/mol. The third-order valence-electron chi connectivity index (χ3n) is 6.08. The second-order valence-corrected chi connectivity index (χ2v) is 11.5. The Morgan fingerprint density at radius 3 is 2.46 bits per heavy atom. The summed E-state index contributed by atoms with van der Waals surface area (Å²) in [7, 11) is -3.55. The van der Waals surface area contributed by atoms with Crippen LogP contribution in [-0.4, -0.2) is 61.5 Å². The molecule has 4 rings (SSSR count). The minimum Gasteiger partial charge on any atom is -0.380 e. The zero-order valence-electron chi connectivity index (χ0n) is 20.8. The lowest BCUT2D eigenvalue weighted by atomic mass is 9.99. The predicted molar refractivity (Wildman–Crippen MR) is 142 cm³/mol. The van der Waals surface area contributed by atoms with Gasteiger partial charge in [0.15, 0.2) is 0 Å². The first-order chi connectivity index (χ1) is 18.2. The molecule has 3 N–H and O–H groups in total. The van der Waals surface area contributed by atoms with E-state index in [0.29, 0.717) is 16.8 Å². The smallest absolute Gasteiger partial charge is 0.380 e. The molecule has 9 nitrogen and oxygen atoms in total. The standard InChI is InChI=1S/C25H25ClF3N5O4S/c1-14(35)34-12-18(30-22-11-23(25(27,28)29)32-21-7-6-16(26)9-20(21)22)10-19(13-34)31-24(36)15-4-3-5-17(8-15)33-39(2,37)38/h3-9,11,18-19,33H,10,12-13H2,1-2H3,(H,30,32)(H,31,36)/t18-,19+/m1/s1. The molecule has 14 heteroatoms. The number of amides is 2. The van der Waals surface area contributed by atoms with Gasteiger partial charge in [-0.05, 0) is 48.9 Å². The fourth-order valence-corrected chi connectivity index (χ4v) is 5.18. The molecular weight excluding hydrogens is 559 g/mol. The molecule has 1 aliphatic heterocycles. The van der Waals surface area contributed by atoms with Gasteiger partial charge in [0.05, 0.1) is 11.8 Å². The number of carbonyl (C=O) groups excluding carboxylic acids is 2. The topological polar surface area (TPSA) is 121 Å². The Balaban J connectivity index is 1.59. The summed E-state index contributed by atoms with van der Waals surface area (Å²) in [5.74, 6) is -0.763. The van der Waals surface area contributed by atoms with E-state index in [4.69, 9.17) is 11.6 Å². The fraction of sp³-hybridized carbons (Fsp3) is 0.320. The van der Waals surface area contributed by atoms with Crippen molar-refractivity contribution in [3.8, 4) is 0 Å². The van der Waals surface area contributed by atoms with E-state index in [0.717, 1.165) is 12.3 Å². The Bertz CT molecular complexity index is 1530. The molecule has 0 aliphatic carbocycles. The van der Waals surface area contributed by atoms with Gasteiger partial charge in [-0.3, -0.25) is 14.3 Å². The van der Waals surface area contributed by atoms with Crippen LogP contribution >= 0.6 is 11.6 Å². The van der Waals surface area contributed by atoms with Crippen LogP contribution in [0, 0.1) is 0 Å². The van der Waals surface area contributed by atoms with E-state index in [1.54, 1.807) is 0 Å². The molecule has 208 valence electrons. The fourth-order valence-electron chi connectivity index (χ4n) is 4.45. The number of hydrogen-bond donors (Lipinski definition) is 3. The number of fused-ring (bicyclic) bond motifs is 1. The minimum absolute atomic E-state index is 0.100. The van der Waals surface area contributed by atoms with E-state index in [1.807, 2.05) is 0 Å². The Labute approximate surface area is 227 Å². The van der Waals surface area contributed by atoms with Crippen molar-refractivity contribution in [1.29, 1.82) is 0 Å². The maximum Gasteiger partial charge on any atom is 0.433 e. The molecule has 1 fully saturated rings. The number of alkyl halides is 3. The summed E-state index contributed by atoms with van der Waals surface area (Å²) < 4.78 is 66.0. The van der Waals surface area contributed by atoms with Crippen molar-refractivity contribution in [2.75, 3.05) is 29.4 Å². The van der Waals surface area contributed by atoms with E-state index >= 15 is 0 Å². The van der Waals surface area contributed by atoms with Crippen LogP contribution < -0.4 is 15.4 Å². The summed E-state index contributed by atoms with van der Waals surface area (Å²) in [6.07, 6.45) is -3.40. The van der Waals surface area contributed by atoms with Crippen LogP contribution in [0.25, 0.3) is 10.9 Å². The van der Waals surface area contributed by atoms with Gasteiger partial charge in [-0.1, -0.05) is 17.7 Å². The Hall–Kier alpha value is -3.58. The van der Waals surface area contributed by atoms with E-state index in [-0.39, 0.29) is 41.5 Å². The number of halogens is 4. The first-order valence-electron chi connectivity index (χ1n) is 11.8. The third kappa shape index (κ3) is 7.30. The number of piperidine rings is 1. The molecule has 39 heavy (non-hydrogen) atoms. The predicted octanol–water partition coefficient (Wildman–Crippen LogP) is 4.11. The second-order valence-electron chi connectivity index (χ2n) is 9.34. The zero-order valence-corrected chi connectivity index (χ0v) is 22.4. The summed E-state index contributed by atoms with van der Waals surface area (Å²) in [4.78, 5) is 30.5. The normalized spacial score (nSPS) is 18.1. The first kappa shape index (κ1) is 28.4. The van der Waals surface area contributed by atoms with Gasteiger partial charge >= 0.3 is 6.18 Å². The van der Waals surface area contributed by atoms with Crippen molar-refractivity contribution in [3.63, 3.8) is 0 Å². The van der Waals surface area contributed by atoms with Crippen LogP contribution in [0.4, 0.5) is 24.5 Å². The van der Waals surface area contributed by atoms with Crippen LogP contribution in [0.5, 0.6) is 0 Å². The van der Waals surface area contributed by atoms with Crippen molar-refractivity contribution in [3.05, 3.63) is 64.8 Å². The highest BCUT2D eigenvalue weighted by Crippen LogP contribution is 2.35. The van der Waals surface area contributed by atoms with Crippen molar-refractivity contribution in [2.45, 2.75) is 31.6 Å². The first-order valence-corrected chi connectivity index (χ1v) is 14.0. The number of carbonyl (C=O) groups is 2. The molecule has 1 saturated heterocycles. The highest BCUT2D eigenvalue weighted by Gasteiger charge is 2.35. The SMILES string of the molecule is CC(=O)N1C[C@@H](NC(=O)c2cccc(NS(C)(=O)=O)c2)C[C@@H](Nc2cc(C(F)(F)F)nc3ccc(Cl)cc23)C1. The lowest BCUT2D eigenvalue weighted by Gasteiger charge is -2.38. The Kier molecular flexibility index (Phi) is 7.94. The van der Waals surface area contributed by atoms with Crippen molar-refractivity contribution in [1.82, 2.24) is 15.2 Å². The van der Waals surface area contributed by atoms with Crippen LogP contribution in [-0.2, 0) is 21.0 Å². The number of nitrogens with one attached hydrogen (secondary N) is 3. The van der Waals surface area contributed by atoms with Crippen molar-refractivity contribution >= 4 is 55.7 Å². The van der Waals surface area contributed by atoms with Crippen LogP contribution in [0.15, 0.2) is 48.5 Å². The van der Waals surface area contributed by atoms with Gasteiger partial charge in [-0.15, -0.1) is 0 Å². The molecule has 2 amide bonds. The van der Waals surface area contributed by atoms with Crippen molar-refractivity contribution in [2.24, 2.45) is 0 Å². The zero-order chi connectivity index (χ0) is 28.5. The number of hydrogen-bond acceptors (Lipinski definition) is 6. The molecule has 0 bridgehead atoms. The summed E-state index contributed by atoms with van der Waals surface area (Å²) in [5, 5.41) is 6.65. The van der Waals surface area contributed by atoms with Gasteiger partial charge in [0.25, 0.3) is 5.91 Å². The molecule has 2 heterocycles. The maximum atomic E-state index is 13.6. The Morgan fingerprint density at radius 1 is 1.08 bits per heavy atom. The number of rotatable bonds is 6. The molecule has 0 spiro atoms. The molecule has 3 aromatic rings. The molecule has 0 saturated carbocycles. The van der Waals surface area contributed by atoms with E-state index < -0.39 is 39.9 Å². The van der Waals surface area contributed by atoms with Gasteiger partial charge in [0.2, 0.25) is 15.9 Å². The van der Waals surface area contributed by atoms with Gasteiger partial charge in [0, 0.05) is 59.4 Å². The average molecular weight is 584 g/mol. The lowest BCUT2D eigenvalue weighted by Crippen LogP contribution is -2.55. The number of anilines is 2. The third-order valence-corrected chi connectivity index (χ3v) is 6.92. The van der Waals surface area contributed by atoms with Gasteiger partial charge in [-0.2, -0.15) is 13.2 Å². The number of pyridine rings is 1. The summed E-state index contributed by atoms with van der Waals surface area (Å²) >= 11 is 6.10. The molecular formula is C25H25ClF3N5O4S. The molecule has 1 aliphatic rings. The largest absolute Gasteiger partial charge is 0.433 e. The molecule has 2 aromatic carbocycles. The molecule has 2 atom stereocenters. The van der Waals surface area contributed by atoms with Gasteiger partial charge in [-0.25, -0.2) is 13.4 Å². The van der Waals surface area contributed by atoms with Crippen LogP contribution in [0.2, 0.25) is 5.02 Å². The minimum atomic E-state index is -4.68. The van der Waals surface area contributed by atoms with Crippen molar-refractivity contribution < 1.29 is 31.2 Å². The van der Waals surface area contributed by atoms with Crippen LogP contribution in [0.1, 0.15) is 29.4 Å². The number of likely N-dealkylation sites (tertiary alicyclic amines) is 1. The quantitative estimate of drug-likeness (QED) is 0.402. The summed E-state index contributed by atoms with van der Waals surface area (Å²) in [5.41, 5.74) is -0.426. The van der Waals surface area contributed by atoms with Gasteiger partial charge < -0.3 is 15.5 Å². The van der Waals surface area contributed by atoms with Crippen LogP contribution in [0.3, 0.4) is 0 Å². The molecule has 1 aromatic heterocycles. The highest BCUT2D eigenvalue weighted by atomic mass is 35.5. The number of aromatic nitrogens is 1. The van der Waals surface area contributed by atoms with E-state index in [2.05, 4.69) is 20.3 Å². The number of nitrogens with zero attached hydrogens (tertiary/aromatic N) is 2. The molecule has 0 radical (unpaired) electrons. The number of sulfonamides is 1. The molecule has 0 unspecified atom stereocenters. The summed E-state index contributed by atoms with van der Waals surface area (Å²) in [6, 6.07) is 10.1. The van der Waals surface area contributed by atoms with E-state index in [9.17, 15) is 31.2 Å². The summed E-state index contributed by atoms with van der Waals surface area (Å²) in [6.45, 7) is 1.75. The highest BCUT2D eigenvalue weighted by molar-refractivity contribution is 7.92. The van der Waals surface area contributed by atoms with E-state index in [1.165, 1.54) is 54.3 Å². The number of benzene rings is 2. The van der Waals surface area contributed by atoms with Gasteiger partial charge in [0.1, 0.15) is 5.69 Å². The maximum absolute atomic E-state index is 13.6. The Morgan fingerprint density at radius 2 is 1.79 bits per heavy atom. The second kappa shape index (κ2) is 10.9. The lowest BCUT2D eigenvalue weighted by molar-refractivity contribution is -0.140. The average Bonchev–Trinajstić information content (AvgIpc) is 2.82.